The highest BCUT2D eigenvalue weighted by Gasteiger charge is 2.26. The summed E-state index contributed by atoms with van der Waals surface area (Å²) in [6.45, 7) is 7.31. The van der Waals surface area contributed by atoms with E-state index in [2.05, 4.69) is 52.7 Å². The maximum Gasteiger partial charge on any atom is 0.412 e. The number of hydrogen-bond donors (Lipinski definition) is 8. The number of unbranched alkanes of at least 4 members (excludes halogenated alkanes) is 1. The highest BCUT2D eigenvalue weighted by Crippen LogP contribution is 2.33. The quantitative estimate of drug-likeness (QED) is 0.0314. The highest BCUT2D eigenvalue weighted by atomic mass is 33.1. The van der Waals surface area contributed by atoms with E-state index in [0.29, 0.717) is 52.8 Å². The number of nitrogens with zero attached hydrogens (tertiary/aromatic N) is 6. The van der Waals surface area contributed by atoms with Crippen LogP contribution in [0.3, 0.4) is 0 Å². The van der Waals surface area contributed by atoms with Crippen LogP contribution < -0.4 is 32.6 Å². The van der Waals surface area contributed by atoms with Crippen molar-refractivity contribution < 1.29 is 34.1 Å². The predicted molar refractivity (Wildman–Crippen MR) is 252 cm³/mol. The molecule has 0 saturated carbocycles. The number of rotatable bonds is 23. The van der Waals surface area contributed by atoms with Crippen LogP contribution in [-0.2, 0) is 33.8 Å². The molecule has 3 amide bonds. The summed E-state index contributed by atoms with van der Waals surface area (Å²) in [6.07, 6.45) is 3.22. The van der Waals surface area contributed by atoms with Crippen molar-refractivity contribution in [3.8, 4) is 0 Å². The molecule has 22 heteroatoms. The molecular formula is C43H52N12O8S2. The Morgan fingerprint density at radius 3 is 2.52 bits per heavy atom. The number of nitrogen functional groups attached to an aromatic ring is 1. The molecule has 0 bridgehead atoms. The van der Waals surface area contributed by atoms with Crippen molar-refractivity contribution in [1.82, 2.24) is 45.1 Å². The van der Waals surface area contributed by atoms with Gasteiger partial charge in [0.1, 0.15) is 24.0 Å². The average molecular weight is 929 g/mol. The Kier molecular flexibility index (Phi) is 16.5. The van der Waals surface area contributed by atoms with Gasteiger partial charge in [0.25, 0.3) is 11.5 Å². The van der Waals surface area contributed by atoms with E-state index in [-0.39, 0.29) is 61.2 Å². The van der Waals surface area contributed by atoms with Crippen LogP contribution in [0.25, 0.3) is 33.1 Å². The predicted octanol–water partition coefficient (Wildman–Crippen LogP) is 4.88. The number of aliphatic hydroxyl groups is 1. The normalized spacial score (nSPS) is 12.0. The number of carboxylic acids is 1. The number of imidazole rings is 1. The van der Waals surface area contributed by atoms with Gasteiger partial charge in [-0.15, -0.1) is 0 Å². The third-order valence-electron chi connectivity index (χ3n) is 10.0. The largest absolute Gasteiger partial charge is 0.480 e. The number of H-pyrrole nitrogens is 1. The molecule has 0 aliphatic carbocycles. The van der Waals surface area contributed by atoms with Gasteiger partial charge in [-0.05, 0) is 43.2 Å². The van der Waals surface area contributed by atoms with Crippen LogP contribution in [0.15, 0.2) is 59.5 Å². The van der Waals surface area contributed by atoms with Crippen molar-refractivity contribution in [2.75, 3.05) is 47.6 Å². The molecule has 2 aromatic carbocycles. The number of carbonyl (C=O) groups excluding carboxylic acids is 3. The SMILES string of the molecule is CCCCc1nc2c(NC(=O)OCCSSCCNC(=O)CCC(NC(=O)c3ccc(NCc4cnc5nc(N)[nH]c(=O)c5n4)cc3)C(=O)O)nc3ccccc3c2n1CC(C)(C)CO. The molecular weight excluding hydrogens is 877 g/mol. The summed E-state index contributed by atoms with van der Waals surface area (Å²) in [5, 5.41) is 31.9. The van der Waals surface area contributed by atoms with Crippen molar-refractivity contribution in [3.05, 3.63) is 82.2 Å². The Hall–Kier alpha value is -6.52. The summed E-state index contributed by atoms with van der Waals surface area (Å²) in [7, 11) is 2.94. The van der Waals surface area contributed by atoms with Crippen molar-refractivity contribution in [1.29, 1.82) is 0 Å². The van der Waals surface area contributed by atoms with Gasteiger partial charge < -0.3 is 41.2 Å². The minimum atomic E-state index is -1.29. The fourth-order valence-electron chi connectivity index (χ4n) is 6.65. The smallest absolute Gasteiger partial charge is 0.412 e. The number of carboxylic acid groups (broad SMARTS) is 1. The molecule has 6 rings (SSSR count). The van der Waals surface area contributed by atoms with Crippen LogP contribution in [0.2, 0.25) is 0 Å². The molecule has 20 nitrogen and oxygen atoms in total. The van der Waals surface area contributed by atoms with Gasteiger partial charge in [-0.25, -0.2) is 29.5 Å². The molecule has 9 N–H and O–H groups in total. The Morgan fingerprint density at radius 1 is 1.00 bits per heavy atom. The Balaban J connectivity index is 0.890. The molecule has 6 aromatic rings. The van der Waals surface area contributed by atoms with E-state index < -0.39 is 35.0 Å². The lowest BCUT2D eigenvalue weighted by Gasteiger charge is -2.24. The van der Waals surface area contributed by atoms with Gasteiger partial charge in [-0.1, -0.05) is 67.0 Å². The molecule has 344 valence electrons. The molecule has 0 aliphatic heterocycles. The minimum absolute atomic E-state index is 0.00196. The van der Waals surface area contributed by atoms with E-state index in [1.165, 1.54) is 39.9 Å². The van der Waals surface area contributed by atoms with Gasteiger partial charge in [0, 0.05) is 66.1 Å². The summed E-state index contributed by atoms with van der Waals surface area (Å²) in [4.78, 5) is 86.8. The molecule has 1 atom stereocenters. The second kappa shape index (κ2) is 22.4. The summed E-state index contributed by atoms with van der Waals surface area (Å²) < 4.78 is 7.61. The second-order valence-corrected chi connectivity index (χ2v) is 18.5. The first-order valence-electron chi connectivity index (χ1n) is 21.0. The minimum Gasteiger partial charge on any atom is -0.480 e. The number of fused-ring (bicyclic) bond motifs is 4. The number of pyridine rings is 1. The maximum atomic E-state index is 13.0. The number of para-hydroxylation sites is 1. The van der Waals surface area contributed by atoms with Crippen LogP contribution in [0.1, 0.15) is 68.3 Å². The lowest BCUT2D eigenvalue weighted by molar-refractivity contribution is -0.139. The van der Waals surface area contributed by atoms with Gasteiger partial charge in [0.05, 0.1) is 29.5 Å². The van der Waals surface area contributed by atoms with Gasteiger partial charge >= 0.3 is 12.1 Å². The van der Waals surface area contributed by atoms with E-state index in [1.807, 2.05) is 38.1 Å². The third kappa shape index (κ3) is 13.0. The number of hydrogen-bond acceptors (Lipinski definition) is 16. The number of aliphatic hydroxyl groups excluding tert-OH is 1. The molecule has 4 aromatic heterocycles. The van der Waals surface area contributed by atoms with Gasteiger partial charge in [-0.3, -0.25) is 24.7 Å². The number of ether oxygens (including phenoxy) is 1. The fraction of sp³-hybridized carbons (Fsp3) is 0.395. The van der Waals surface area contributed by atoms with Crippen molar-refractivity contribution in [2.24, 2.45) is 5.41 Å². The third-order valence-corrected chi connectivity index (χ3v) is 12.4. The number of nitrogens with one attached hydrogen (secondary N) is 5. The van der Waals surface area contributed by atoms with Crippen LogP contribution >= 0.6 is 21.6 Å². The summed E-state index contributed by atoms with van der Waals surface area (Å²) >= 11 is 0. The number of anilines is 3. The molecule has 4 heterocycles. The maximum absolute atomic E-state index is 13.0. The van der Waals surface area contributed by atoms with E-state index in [4.69, 9.17) is 20.4 Å². The van der Waals surface area contributed by atoms with E-state index in [0.717, 1.165) is 36.0 Å². The van der Waals surface area contributed by atoms with Crippen molar-refractivity contribution in [2.45, 2.75) is 72.0 Å². The van der Waals surface area contributed by atoms with E-state index >= 15 is 0 Å². The van der Waals surface area contributed by atoms with Crippen LogP contribution in [0.5, 0.6) is 0 Å². The van der Waals surface area contributed by atoms with Gasteiger partial charge in [-0.2, -0.15) is 4.98 Å². The van der Waals surface area contributed by atoms with Crippen molar-refractivity contribution in [3.63, 3.8) is 0 Å². The first-order chi connectivity index (χ1) is 31.2. The number of aliphatic carboxylic acids is 1. The number of nitrogens with two attached hydrogens (primary N) is 1. The number of benzene rings is 2. The standard InChI is InChI=1S/C43H52N12O8S2/c1-4-5-10-31-51-33-35(55(31)23-43(2,3)24-56)28-8-6-7-9-29(28)49-37(33)53-42(62)63-18-20-65-64-19-17-45-32(57)16-15-30(40(60)61)50-38(58)25-11-13-26(14-12-25)46-21-27-22-47-36-34(48-27)39(59)54-41(44)52-36/h6-9,11-14,22,30,46,56H,4-5,10,15-21,23-24H2,1-3H3,(H,45,57)(H,50,58)(H,60,61)(H,49,53,62)(H3,44,47,52,54,59). The van der Waals surface area contributed by atoms with E-state index in [9.17, 15) is 34.2 Å². The Bertz CT molecular complexity index is 2710. The molecule has 0 fully saturated rings. The van der Waals surface area contributed by atoms with Gasteiger partial charge in [0.2, 0.25) is 11.9 Å². The highest BCUT2D eigenvalue weighted by molar-refractivity contribution is 8.76. The summed E-state index contributed by atoms with van der Waals surface area (Å²) in [5.41, 5.74) is 8.22. The monoisotopic (exact) mass is 928 g/mol. The fourth-order valence-corrected chi connectivity index (χ4v) is 8.38. The lowest BCUT2D eigenvalue weighted by Crippen LogP contribution is -2.41. The van der Waals surface area contributed by atoms with Crippen LogP contribution in [-0.4, -0.2) is 106 Å². The number of carbonyl (C=O) groups is 4. The van der Waals surface area contributed by atoms with Gasteiger partial charge in [0.15, 0.2) is 17.0 Å². The first-order valence-corrected chi connectivity index (χ1v) is 23.5. The Labute approximate surface area is 381 Å². The summed E-state index contributed by atoms with van der Waals surface area (Å²) in [5.74, 6) is -0.110. The number of amides is 3. The zero-order chi connectivity index (χ0) is 46.5. The number of aromatic nitrogens is 7. The molecule has 0 spiro atoms. The average Bonchev–Trinajstić information content (AvgIpc) is 3.64. The summed E-state index contributed by atoms with van der Waals surface area (Å²) in [6, 6.07) is 12.7. The first kappa shape index (κ1) is 47.9. The molecule has 65 heavy (non-hydrogen) atoms. The molecule has 1 unspecified atom stereocenters. The number of aryl methyl sites for hydroxylation is 1. The van der Waals surface area contributed by atoms with Crippen LogP contribution in [0.4, 0.5) is 22.2 Å². The zero-order valence-corrected chi connectivity index (χ0v) is 37.8. The molecule has 0 radical (unpaired) electrons. The van der Waals surface area contributed by atoms with Crippen LogP contribution in [0, 0.1) is 5.41 Å². The lowest BCUT2D eigenvalue weighted by atomic mass is 9.94. The molecule has 0 saturated heterocycles. The zero-order valence-electron chi connectivity index (χ0n) is 36.2. The number of aromatic amines is 1. The second-order valence-electron chi connectivity index (χ2n) is 15.8. The topological polar surface area (TPSA) is 294 Å². The van der Waals surface area contributed by atoms with E-state index in [1.54, 1.807) is 12.1 Å². The Morgan fingerprint density at radius 2 is 1.77 bits per heavy atom. The van der Waals surface area contributed by atoms with Crippen molar-refractivity contribution >= 4 is 96.0 Å². The molecule has 0 aliphatic rings.